The molecular formula is C25H29N. The Morgan fingerprint density at radius 1 is 0.654 bits per heavy atom. The predicted octanol–water partition coefficient (Wildman–Crippen LogP) is 7.32. The van der Waals surface area contributed by atoms with Crippen LogP contribution in [0.1, 0.15) is 44.4 Å². The summed E-state index contributed by atoms with van der Waals surface area (Å²) in [6.45, 7) is 11.1. The van der Waals surface area contributed by atoms with Gasteiger partial charge in [0.05, 0.1) is 0 Å². The summed E-state index contributed by atoms with van der Waals surface area (Å²) in [4.78, 5) is 2.32. The molecule has 0 aliphatic rings. The quantitative estimate of drug-likeness (QED) is 0.479. The van der Waals surface area contributed by atoms with Gasteiger partial charge in [0.1, 0.15) is 0 Å². The monoisotopic (exact) mass is 343 g/mol. The molecule has 0 amide bonds. The molecule has 0 unspecified atom stereocenters. The van der Waals surface area contributed by atoms with Gasteiger partial charge in [0.15, 0.2) is 0 Å². The second-order valence-electron chi connectivity index (χ2n) is 7.99. The highest BCUT2D eigenvalue weighted by atomic mass is 15.1. The maximum atomic E-state index is 2.32. The lowest BCUT2D eigenvalue weighted by Gasteiger charge is -2.27. The number of hydrogen-bond acceptors (Lipinski definition) is 1. The first-order valence-electron chi connectivity index (χ1n) is 9.45. The number of nitrogens with zero attached hydrogens (tertiary/aromatic N) is 1. The highest BCUT2D eigenvalue weighted by molar-refractivity contribution is 5.76. The van der Waals surface area contributed by atoms with Crippen LogP contribution in [0.4, 0.5) is 17.1 Å². The van der Waals surface area contributed by atoms with Gasteiger partial charge in [-0.2, -0.15) is 0 Å². The summed E-state index contributed by atoms with van der Waals surface area (Å²) < 4.78 is 0. The molecule has 3 aromatic carbocycles. The first kappa shape index (κ1) is 18.3. The van der Waals surface area contributed by atoms with Gasteiger partial charge in [0.25, 0.3) is 0 Å². The van der Waals surface area contributed by atoms with Crippen molar-refractivity contribution in [1.82, 2.24) is 0 Å². The van der Waals surface area contributed by atoms with Crippen molar-refractivity contribution in [2.75, 3.05) is 4.90 Å². The van der Waals surface area contributed by atoms with Gasteiger partial charge in [-0.15, -0.1) is 0 Å². The standard InChI is InChI=1S/C25H29N/c1-6-20-9-15-23(16-10-20)26(22-13-7-19(2)8-14-22)24-17-11-21(12-18-24)25(3,4)5/h7-18H,6H2,1-5H3. The van der Waals surface area contributed by atoms with Crippen LogP contribution in [0.5, 0.6) is 0 Å². The van der Waals surface area contributed by atoms with Crippen LogP contribution in [0.25, 0.3) is 0 Å². The van der Waals surface area contributed by atoms with Crippen molar-refractivity contribution in [3.63, 3.8) is 0 Å². The van der Waals surface area contributed by atoms with Gasteiger partial charge in [0.2, 0.25) is 0 Å². The highest BCUT2D eigenvalue weighted by Crippen LogP contribution is 2.35. The van der Waals surface area contributed by atoms with Gasteiger partial charge in [-0.05, 0) is 66.3 Å². The number of anilines is 3. The van der Waals surface area contributed by atoms with E-state index in [9.17, 15) is 0 Å². The number of rotatable bonds is 4. The molecule has 1 heteroatoms. The van der Waals surface area contributed by atoms with E-state index >= 15 is 0 Å². The summed E-state index contributed by atoms with van der Waals surface area (Å²) in [6, 6.07) is 26.6. The molecule has 0 bridgehead atoms. The fraction of sp³-hybridized carbons (Fsp3) is 0.280. The maximum Gasteiger partial charge on any atom is 0.0461 e. The average Bonchev–Trinajstić information content (AvgIpc) is 2.64. The van der Waals surface area contributed by atoms with E-state index in [1.165, 1.54) is 33.8 Å². The third-order valence-electron chi connectivity index (χ3n) is 4.89. The van der Waals surface area contributed by atoms with E-state index in [-0.39, 0.29) is 5.41 Å². The lowest BCUT2D eigenvalue weighted by atomic mass is 9.87. The largest absolute Gasteiger partial charge is 0.311 e. The summed E-state index contributed by atoms with van der Waals surface area (Å²) in [6.07, 6.45) is 1.06. The van der Waals surface area contributed by atoms with Crippen molar-refractivity contribution in [3.05, 3.63) is 89.5 Å². The summed E-state index contributed by atoms with van der Waals surface area (Å²) in [5, 5.41) is 0. The van der Waals surface area contributed by atoms with E-state index in [0.29, 0.717) is 0 Å². The summed E-state index contributed by atoms with van der Waals surface area (Å²) >= 11 is 0. The molecule has 0 heterocycles. The molecule has 1 nitrogen and oxygen atoms in total. The van der Waals surface area contributed by atoms with Gasteiger partial charge in [-0.1, -0.05) is 69.7 Å². The van der Waals surface area contributed by atoms with Crippen LogP contribution >= 0.6 is 0 Å². The Morgan fingerprint density at radius 2 is 1.08 bits per heavy atom. The fourth-order valence-corrected chi connectivity index (χ4v) is 3.13. The van der Waals surface area contributed by atoms with E-state index in [4.69, 9.17) is 0 Å². The second kappa shape index (κ2) is 7.37. The van der Waals surface area contributed by atoms with E-state index in [1.54, 1.807) is 0 Å². The summed E-state index contributed by atoms with van der Waals surface area (Å²) in [5.41, 5.74) is 7.71. The maximum absolute atomic E-state index is 2.32. The van der Waals surface area contributed by atoms with Crippen LogP contribution in [-0.4, -0.2) is 0 Å². The number of hydrogen-bond donors (Lipinski definition) is 0. The Bertz CT molecular complexity index is 835. The first-order chi connectivity index (χ1) is 12.4. The molecule has 3 aromatic rings. The molecule has 0 aromatic heterocycles. The molecule has 0 aliphatic heterocycles. The Balaban J connectivity index is 2.06. The lowest BCUT2D eigenvalue weighted by molar-refractivity contribution is 0.590. The Kier molecular flexibility index (Phi) is 5.18. The zero-order chi connectivity index (χ0) is 18.7. The van der Waals surface area contributed by atoms with Crippen molar-refractivity contribution < 1.29 is 0 Å². The smallest absolute Gasteiger partial charge is 0.0461 e. The van der Waals surface area contributed by atoms with Crippen LogP contribution in [0.3, 0.4) is 0 Å². The van der Waals surface area contributed by atoms with Crippen LogP contribution in [0.2, 0.25) is 0 Å². The Hall–Kier alpha value is -2.54. The van der Waals surface area contributed by atoms with E-state index in [0.717, 1.165) is 6.42 Å². The van der Waals surface area contributed by atoms with E-state index < -0.39 is 0 Å². The minimum atomic E-state index is 0.163. The summed E-state index contributed by atoms with van der Waals surface area (Å²) in [5.74, 6) is 0. The molecule has 0 saturated carbocycles. The molecule has 0 radical (unpaired) electrons. The van der Waals surface area contributed by atoms with Gasteiger partial charge >= 0.3 is 0 Å². The zero-order valence-electron chi connectivity index (χ0n) is 16.6. The van der Waals surface area contributed by atoms with Gasteiger partial charge < -0.3 is 4.90 Å². The number of benzene rings is 3. The minimum absolute atomic E-state index is 0.163. The van der Waals surface area contributed by atoms with Crippen LogP contribution < -0.4 is 4.90 Å². The second-order valence-corrected chi connectivity index (χ2v) is 7.99. The van der Waals surface area contributed by atoms with Crippen molar-refractivity contribution in [2.45, 2.75) is 46.5 Å². The van der Waals surface area contributed by atoms with Gasteiger partial charge in [-0.3, -0.25) is 0 Å². The molecule has 0 aliphatic carbocycles. The average molecular weight is 344 g/mol. The topological polar surface area (TPSA) is 3.24 Å². The molecule has 0 N–H and O–H groups in total. The highest BCUT2D eigenvalue weighted by Gasteiger charge is 2.16. The van der Waals surface area contributed by atoms with Crippen LogP contribution in [0.15, 0.2) is 72.8 Å². The lowest BCUT2D eigenvalue weighted by Crippen LogP contribution is -2.13. The molecule has 0 fully saturated rings. The SMILES string of the molecule is CCc1ccc(N(c2ccc(C)cc2)c2ccc(C(C)(C)C)cc2)cc1. The molecule has 0 spiro atoms. The molecule has 134 valence electrons. The molecule has 3 rings (SSSR count). The van der Waals surface area contributed by atoms with E-state index in [1.807, 2.05) is 0 Å². The normalized spacial score (nSPS) is 11.4. The first-order valence-corrected chi connectivity index (χ1v) is 9.45. The Labute approximate surface area is 158 Å². The van der Waals surface area contributed by atoms with Crippen molar-refractivity contribution >= 4 is 17.1 Å². The third-order valence-corrected chi connectivity index (χ3v) is 4.89. The van der Waals surface area contributed by atoms with Crippen LogP contribution in [-0.2, 0) is 11.8 Å². The van der Waals surface area contributed by atoms with Crippen molar-refractivity contribution in [2.24, 2.45) is 0 Å². The fourth-order valence-electron chi connectivity index (χ4n) is 3.13. The molecule has 0 saturated heterocycles. The number of aryl methyl sites for hydroxylation is 2. The molecule has 0 atom stereocenters. The molecular weight excluding hydrogens is 314 g/mol. The zero-order valence-corrected chi connectivity index (χ0v) is 16.6. The van der Waals surface area contributed by atoms with Crippen LogP contribution in [0, 0.1) is 6.92 Å². The molecule has 26 heavy (non-hydrogen) atoms. The third kappa shape index (κ3) is 3.99. The van der Waals surface area contributed by atoms with Gasteiger partial charge in [0, 0.05) is 17.1 Å². The van der Waals surface area contributed by atoms with Crippen molar-refractivity contribution in [3.8, 4) is 0 Å². The summed E-state index contributed by atoms with van der Waals surface area (Å²) in [7, 11) is 0. The van der Waals surface area contributed by atoms with E-state index in [2.05, 4.69) is 112 Å². The minimum Gasteiger partial charge on any atom is -0.311 e. The Morgan fingerprint density at radius 3 is 1.50 bits per heavy atom. The van der Waals surface area contributed by atoms with Crippen molar-refractivity contribution in [1.29, 1.82) is 0 Å². The predicted molar refractivity (Wildman–Crippen MR) is 114 cm³/mol. The van der Waals surface area contributed by atoms with Gasteiger partial charge in [-0.25, -0.2) is 0 Å².